The standard InChI is InChI=1S/C14H17N3OS/c1-3-12-14-16-15-13(17(14)8-9-19-12)10-6-4-5-7-11(10)18-2/h4-7,12H,3,8-9H2,1-2H3. The van der Waals surface area contributed by atoms with E-state index in [0.717, 1.165) is 41.7 Å². The van der Waals surface area contributed by atoms with Crippen molar-refractivity contribution in [3.8, 4) is 17.1 Å². The number of para-hydroxylation sites is 1. The fraction of sp³-hybridized carbons (Fsp3) is 0.429. The fourth-order valence-electron chi connectivity index (χ4n) is 2.46. The number of methoxy groups -OCH3 is 1. The minimum atomic E-state index is 0.463. The highest BCUT2D eigenvalue weighted by atomic mass is 32.2. The zero-order valence-electron chi connectivity index (χ0n) is 11.2. The SMILES string of the molecule is CCC1SCCn2c(-c3ccccc3OC)nnc21. The molecule has 0 N–H and O–H groups in total. The molecule has 3 rings (SSSR count). The quantitative estimate of drug-likeness (QED) is 0.862. The topological polar surface area (TPSA) is 39.9 Å². The predicted octanol–water partition coefficient (Wildman–Crippen LogP) is 3.15. The molecule has 0 fully saturated rings. The van der Waals surface area contributed by atoms with Crippen LogP contribution >= 0.6 is 11.8 Å². The van der Waals surface area contributed by atoms with Crippen LogP contribution in [0.4, 0.5) is 0 Å². The summed E-state index contributed by atoms with van der Waals surface area (Å²) in [6, 6.07) is 7.99. The molecule has 1 aliphatic heterocycles. The Balaban J connectivity index is 2.09. The van der Waals surface area contributed by atoms with Crippen LogP contribution in [0.5, 0.6) is 5.75 Å². The molecule has 4 nitrogen and oxygen atoms in total. The Morgan fingerprint density at radius 2 is 2.21 bits per heavy atom. The molecule has 1 aliphatic rings. The molecule has 1 aromatic heterocycles. The molecule has 100 valence electrons. The van der Waals surface area contributed by atoms with Crippen molar-refractivity contribution in [3.05, 3.63) is 30.1 Å². The lowest BCUT2D eigenvalue weighted by Gasteiger charge is -2.22. The van der Waals surface area contributed by atoms with E-state index in [1.54, 1.807) is 7.11 Å². The second-order valence-corrected chi connectivity index (χ2v) is 5.81. The Morgan fingerprint density at radius 1 is 1.37 bits per heavy atom. The lowest BCUT2D eigenvalue weighted by molar-refractivity contribution is 0.416. The highest BCUT2D eigenvalue weighted by Gasteiger charge is 2.25. The largest absolute Gasteiger partial charge is 0.496 e. The molecule has 0 bridgehead atoms. The van der Waals surface area contributed by atoms with Crippen LogP contribution in [0.15, 0.2) is 24.3 Å². The predicted molar refractivity (Wildman–Crippen MR) is 77.5 cm³/mol. The number of hydrogen-bond acceptors (Lipinski definition) is 4. The molecule has 0 saturated heterocycles. The third-order valence-electron chi connectivity index (χ3n) is 3.42. The van der Waals surface area contributed by atoms with Gasteiger partial charge < -0.3 is 9.30 Å². The van der Waals surface area contributed by atoms with Crippen LogP contribution < -0.4 is 4.74 Å². The van der Waals surface area contributed by atoms with Crippen LogP contribution in [-0.2, 0) is 6.54 Å². The third-order valence-corrected chi connectivity index (χ3v) is 4.78. The minimum Gasteiger partial charge on any atom is -0.496 e. The Kier molecular flexibility index (Phi) is 3.46. The normalized spacial score (nSPS) is 18.1. The van der Waals surface area contributed by atoms with Crippen LogP contribution in [0, 0.1) is 0 Å². The molecule has 1 atom stereocenters. The first-order valence-corrected chi connectivity index (χ1v) is 7.58. The number of hydrogen-bond donors (Lipinski definition) is 0. The molecule has 19 heavy (non-hydrogen) atoms. The number of aromatic nitrogens is 3. The van der Waals surface area contributed by atoms with E-state index in [-0.39, 0.29) is 0 Å². The molecule has 5 heteroatoms. The van der Waals surface area contributed by atoms with E-state index in [0.29, 0.717) is 5.25 Å². The number of fused-ring (bicyclic) bond motifs is 1. The second kappa shape index (κ2) is 5.25. The first-order chi connectivity index (χ1) is 9.35. The van der Waals surface area contributed by atoms with Gasteiger partial charge in [0.25, 0.3) is 0 Å². The van der Waals surface area contributed by atoms with Gasteiger partial charge in [0.15, 0.2) is 5.82 Å². The molecule has 0 radical (unpaired) electrons. The monoisotopic (exact) mass is 275 g/mol. The van der Waals surface area contributed by atoms with Crippen LogP contribution in [0.1, 0.15) is 24.4 Å². The van der Waals surface area contributed by atoms with Crippen molar-refractivity contribution in [2.75, 3.05) is 12.9 Å². The maximum atomic E-state index is 5.43. The van der Waals surface area contributed by atoms with E-state index in [9.17, 15) is 0 Å². The van der Waals surface area contributed by atoms with Crippen molar-refractivity contribution in [2.24, 2.45) is 0 Å². The number of ether oxygens (including phenoxy) is 1. The van der Waals surface area contributed by atoms with Crippen LogP contribution in [0.3, 0.4) is 0 Å². The van der Waals surface area contributed by atoms with Gasteiger partial charge in [0.2, 0.25) is 0 Å². The first kappa shape index (κ1) is 12.5. The molecule has 0 amide bonds. The molecule has 2 aromatic rings. The van der Waals surface area contributed by atoms with Gasteiger partial charge >= 0.3 is 0 Å². The van der Waals surface area contributed by atoms with Crippen molar-refractivity contribution >= 4 is 11.8 Å². The van der Waals surface area contributed by atoms with Crippen LogP contribution in [-0.4, -0.2) is 27.6 Å². The van der Waals surface area contributed by atoms with E-state index in [2.05, 4.69) is 21.7 Å². The number of thioether (sulfide) groups is 1. The smallest absolute Gasteiger partial charge is 0.167 e. The van der Waals surface area contributed by atoms with Gasteiger partial charge in [-0.2, -0.15) is 0 Å². The highest BCUT2D eigenvalue weighted by Crippen LogP contribution is 2.38. The lowest BCUT2D eigenvalue weighted by Crippen LogP contribution is -2.16. The van der Waals surface area contributed by atoms with Gasteiger partial charge in [-0.15, -0.1) is 22.0 Å². The van der Waals surface area contributed by atoms with E-state index in [1.165, 1.54) is 0 Å². The second-order valence-electron chi connectivity index (χ2n) is 4.50. The maximum absolute atomic E-state index is 5.43. The molecule has 1 unspecified atom stereocenters. The van der Waals surface area contributed by atoms with Crippen molar-refractivity contribution in [1.82, 2.24) is 14.8 Å². The summed E-state index contributed by atoms with van der Waals surface area (Å²) in [5, 5.41) is 9.25. The summed E-state index contributed by atoms with van der Waals surface area (Å²) in [4.78, 5) is 0. The van der Waals surface area contributed by atoms with E-state index >= 15 is 0 Å². The Morgan fingerprint density at radius 3 is 3.00 bits per heavy atom. The molecule has 0 spiro atoms. The zero-order valence-corrected chi connectivity index (χ0v) is 12.0. The third kappa shape index (κ3) is 2.12. The fourth-order valence-corrected chi connectivity index (χ4v) is 3.60. The van der Waals surface area contributed by atoms with Gasteiger partial charge in [-0.3, -0.25) is 0 Å². The number of rotatable bonds is 3. The summed E-state index contributed by atoms with van der Waals surface area (Å²) < 4.78 is 7.67. The Bertz CT molecular complexity index is 582. The van der Waals surface area contributed by atoms with Crippen molar-refractivity contribution in [2.45, 2.75) is 25.1 Å². The van der Waals surface area contributed by atoms with Gasteiger partial charge in [0.05, 0.1) is 17.9 Å². The minimum absolute atomic E-state index is 0.463. The van der Waals surface area contributed by atoms with Crippen molar-refractivity contribution < 1.29 is 4.74 Å². The molecular weight excluding hydrogens is 258 g/mol. The van der Waals surface area contributed by atoms with Gasteiger partial charge in [-0.1, -0.05) is 19.1 Å². The Hall–Kier alpha value is -1.49. The average Bonchev–Trinajstić information content (AvgIpc) is 2.90. The molecule has 0 aliphatic carbocycles. The average molecular weight is 275 g/mol. The summed E-state index contributed by atoms with van der Waals surface area (Å²) in [7, 11) is 1.69. The zero-order chi connectivity index (χ0) is 13.2. The van der Waals surface area contributed by atoms with Crippen molar-refractivity contribution in [1.29, 1.82) is 0 Å². The van der Waals surface area contributed by atoms with Gasteiger partial charge in [-0.25, -0.2) is 0 Å². The molecule has 0 saturated carbocycles. The maximum Gasteiger partial charge on any atom is 0.167 e. The summed E-state index contributed by atoms with van der Waals surface area (Å²) in [5.41, 5.74) is 1.02. The molecular formula is C14H17N3OS. The molecule has 1 aromatic carbocycles. The van der Waals surface area contributed by atoms with Gasteiger partial charge in [-0.05, 0) is 18.6 Å². The molecule has 2 heterocycles. The first-order valence-electron chi connectivity index (χ1n) is 6.53. The van der Waals surface area contributed by atoms with E-state index in [1.807, 2.05) is 36.0 Å². The van der Waals surface area contributed by atoms with Crippen LogP contribution in [0.2, 0.25) is 0 Å². The lowest BCUT2D eigenvalue weighted by atomic mass is 10.2. The summed E-state index contributed by atoms with van der Waals surface area (Å²) in [6.07, 6.45) is 1.09. The van der Waals surface area contributed by atoms with Crippen LogP contribution in [0.25, 0.3) is 11.4 Å². The summed E-state index contributed by atoms with van der Waals surface area (Å²) in [5.74, 6) is 3.99. The van der Waals surface area contributed by atoms with Gasteiger partial charge in [0.1, 0.15) is 11.6 Å². The summed E-state index contributed by atoms with van der Waals surface area (Å²) in [6.45, 7) is 3.17. The highest BCUT2D eigenvalue weighted by molar-refractivity contribution is 7.99. The van der Waals surface area contributed by atoms with Gasteiger partial charge in [0, 0.05) is 12.3 Å². The number of benzene rings is 1. The van der Waals surface area contributed by atoms with E-state index < -0.39 is 0 Å². The Labute approximate surface area is 117 Å². The summed E-state index contributed by atoms with van der Waals surface area (Å²) >= 11 is 1.97. The van der Waals surface area contributed by atoms with E-state index in [4.69, 9.17) is 4.74 Å². The van der Waals surface area contributed by atoms with Crippen molar-refractivity contribution in [3.63, 3.8) is 0 Å². The number of nitrogens with zero attached hydrogens (tertiary/aromatic N) is 3.